The molecule has 1 unspecified atom stereocenters. The van der Waals surface area contributed by atoms with E-state index in [-0.39, 0.29) is 11.6 Å². The summed E-state index contributed by atoms with van der Waals surface area (Å²) in [6.07, 6.45) is 1.85. The van der Waals surface area contributed by atoms with E-state index >= 15 is 0 Å². The van der Waals surface area contributed by atoms with Crippen molar-refractivity contribution in [1.29, 1.82) is 0 Å². The van der Waals surface area contributed by atoms with E-state index in [4.69, 9.17) is 4.74 Å². The highest BCUT2D eigenvalue weighted by atomic mass is 16.5. The van der Waals surface area contributed by atoms with Crippen LogP contribution in [0.2, 0.25) is 0 Å². The van der Waals surface area contributed by atoms with E-state index < -0.39 is 0 Å². The molecule has 16 heavy (non-hydrogen) atoms. The van der Waals surface area contributed by atoms with Crippen LogP contribution in [-0.4, -0.2) is 55.9 Å². The maximum Gasteiger partial charge on any atom is 0.317 e. The van der Waals surface area contributed by atoms with Gasteiger partial charge in [-0.25, -0.2) is 4.79 Å². The molecule has 2 heterocycles. The first-order valence-corrected chi connectivity index (χ1v) is 6.02. The molecule has 2 rings (SSSR count). The molecule has 0 radical (unpaired) electrons. The molecule has 0 aromatic heterocycles. The van der Waals surface area contributed by atoms with Crippen molar-refractivity contribution in [3.8, 4) is 0 Å². The van der Waals surface area contributed by atoms with Gasteiger partial charge in [0.25, 0.3) is 0 Å². The van der Waals surface area contributed by atoms with Gasteiger partial charge in [0.15, 0.2) is 0 Å². The predicted octanol–water partition coefficient (Wildman–Crippen LogP) is 0.169. The van der Waals surface area contributed by atoms with Gasteiger partial charge < -0.3 is 20.3 Å². The molecule has 2 aliphatic rings. The van der Waals surface area contributed by atoms with Crippen molar-refractivity contribution < 1.29 is 9.53 Å². The van der Waals surface area contributed by atoms with Gasteiger partial charge in [-0.1, -0.05) is 0 Å². The monoisotopic (exact) mass is 227 g/mol. The lowest BCUT2D eigenvalue weighted by atomic mass is 9.84. The Morgan fingerprint density at radius 3 is 2.75 bits per heavy atom. The Kier molecular flexibility index (Phi) is 3.35. The molecule has 2 fully saturated rings. The largest absolute Gasteiger partial charge is 0.372 e. The molecule has 2 saturated heterocycles. The van der Waals surface area contributed by atoms with Crippen LogP contribution in [0.1, 0.15) is 19.8 Å². The fraction of sp³-hybridized carbons (Fsp3) is 0.909. The lowest BCUT2D eigenvalue weighted by Crippen LogP contribution is -2.61. The third-order valence-electron chi connectivity index (χ3n) is 3.84. The number of amides is 2. The number of ether oxygens (including phenoxy) is 1. The fourth-order valence-corrected chi connectivity index (χ4v) is 2.66. The van der Waals surface area contributed by atoms with Crippen molar-refractivity contribution in [1.82, 2.24) is 15.5 Å². The first-order chi connectivity index (χ1) is 7.68. The van der Waals surface area contributed by atoms with Crippen molar-refractivity contribution in [2.24, 2.45) is 0 Å². The van der Waals surface area contributed by atoms with Gasteiger partial charge in [0.1, 0.15) is 0 Å². The Labute approximate surface area is 96.5 Å². The van der Waals surface area contributed by atoms with E-state index in [1.807, 2.05) is 4.90 Å². The molecule has 0 aromatic rings. The minimum absolute atomic E-state index is 0.0197. The zero-order valence-electron chi connectivity index (χ0n) is 10.1. The summed E-state index contributed by atoms with van der Waals surface area (Å²) in [5.41, 5.74) is -0.0528. The zero-order valence-corrected chi connectivity index (χ0v) is 10.1. The minimum atomic E-state index is -0.0528. The summed E-state index contributed by atoms with van der Waals surface area (Å²) in [7, 11) is 1.67. The topological polar surface area (TPSA) is 53.6 Å². The molecule has 0 bridgehead atoms. The van der Waals surface area contributed by atoms with Crippen LogP contribution in [0.5, 0.6) is 0 Å². The molecular weight excluding hydrogens is 206 g/mol. The second-order valence-corrected chi connectivity index (χ2v) is 4.63. The third kappa shape index (κ3) is 2.01. The van der Waals surface area contributed by atoms with Crippen LogP contribution in [0.25, 0.3) is 0 Å². The number of rotatable bonds is 0. The Bertz CT molecular complexity index is 262. The van der Waals surface area contributed by atoms with Gasteiger partial charge in [0, 0.05) is 32.7 Å². The first kappa shape index (κ1) is 11.7. The number of hydrogen-bond donors (Lipinski definition) is 2. The van der Waals surface area contributed by atoms with Crippen molar-refractivity contribution in [3.05, 3.63) is 0 Å². The summed E-state index contributed by atoms with van der Waals surface area (Å²) < 4.78 is 5.96. The number of carbonyl (C=O) groups excluding carboxylic acids is 1. The van der Waals surface area contributed by atoms with Crippen LogP contribution in [-0.2, 0) is 4.74 Å². The summed E-state index contributed by atoms with van der Waals surface area (Å²) in [6.45, 7) is 5.46. The quantitative estimate of drug-likeness (QED) is 0.620. The number of nitrogens with zero attached hydrogens (tertiary/aromatic N) is 1. The van der Waals surface area contributed by atoms with E-state index in [0.29, 0.717) is 6.04 Å². The van der Waals surface area contributed by atoms with Gasteiger partial charge in [0.05, 0.1) is 12.2 Å². The highest BCUT2D eigenvalue weighted by molar-refractivity contribution is 5.73. The highest BCUT2D eigenvalue weighted by Gasteiger charge is 2.42. The van der Waals surface area contributed by atoms with Gasteiger partial charge in [-0.15, -0.1) is 0 Å². The van der Waals surface area contributed by atoms with Crippen LogP contribution in [0.15, 0.2) is 0 Å². The number of likely N-dealkylation sites (tertiary alicyclic amines) is 1. The molecule has 1 atom stereocenters. The molecular formula is C11H21N3O2. The maximum absolute atomic E-state index is 11.5. The first-order valence-electron chi connectivity index (χ1n) is 6.02. The Hall–Kier alpha value is -0.810. The Morgan fingerprint density at radius 2 is 2.19 bits per heavy atom. The van der Waals surface area contributed by atoms with E-state index in [9.17, 15) is 4.79 Å². The van der Waals surface area contributed by atoms with Crippen molar-refractivity contribution in [2.75, 3.05) is 33.3 Å². The number of hydrogen-bond acceptors (Lipinski definition) is 3. The van der Waals surface area contributed by atoms with Gasteiger partial charge in [0.2, 0.25) is 0 Å². The second-order valence-electron chi connectivity index (χ2n) is 4.63. The van der Waals surface area contributed by atoms with Crippen molar-refractivity contribution >= 4 is 6.03 Å². The molecule has 2 N–H and O–H groups in total. The number of urea groups is 1. The minimum Gasteiger partial charge on any atom is -0.372 e. The molecule has 5 nitrogen and oxygen atoms in total. The summed E-state index contributed by atoms with van der Waals surface area (Å²) in [6, 6.07) is 0.402. The van der Waals surface area contributed by atoms with Gasteiger partial charge in [-0.3, -0.25) is 0 Å². The van der Waals surface area contributed by atoms with E-state index in [1.165, 1.54) is 0 Å². The third-order valence-corrected chi connectivity index (χ3v) is 3.84. The zero-order chi connectivity index (χ0) is 11.6. The molecule has 0 aliphatic carbocycles. The lowest BCUT2D eigenvalue weighted by Gasteiger charge is -2.47. The highest BCUT2D eigenvalue weighted by Crippen LogP contribution is 2.31. The molecule has 92 valence electrons. The summed E-state index contributed by atoms with van der Waals surface area (Å²) in [4.78, 5) is 13.3. The van der Waals surface area contributed by atoms with E-state index in [2.05, 4.69) is 17.6 Å². The number of morpholine rings is 1. The lowest BCUT2D eigenvalue weighted by molar-refractivity contribution is -0.119. The number of piperidine rings is 1. The van der Waals surface area contributed by atoms with Gasteiger partial charge >= 0.3 is 6.03 Å². The van der Waals surface area contributed by atoms with Crippen LogP contribution in [0, 0.1) is 0 Å². The molecule has 0 aromatic carbocycles. The van der Waals surface area contributed by atoms with Crippen molar-refractivity contribution in [2.45, 2.75) is 31.4 Å². The van der Waals surface area contributed by atoms with E-state index in [1.54, 1.807) is 7.05 Å². The average Bonchev–Trinajstić information content (AvgIpc) is 2.33. The smallest absolute Gasteiger partial charge is 0.317 e. The summed E-state index contributed by atoms with van der Waals surface area (Å²) in [5, 5.41) is 6.12. The average molecular weight is 227 g/mol. The SMILES string of the molecule is CNC(=O)N1CCC2(CC1)OCCNC2C. The molecule has 2 aliphatic heterocycles. The number of carbonyl (C=O) groups is 1. The van der Waals surface area contributed by atoms with Crippen LogP contribution < -0.4 is 10.6 Å². The maximum atomic E-state index is 11.5. The standard InChI is InChI=1S/C11H21N3O2/c1-9-11(16-8-5-13-9)3-6-14(7-4-11)10(15)12-2/h9,13H,3-8H2,1-2H3,(H,12,15). The molecule has 0 saturated carbocycles. The van der Waals surface area contributed by atoms with E-state index in [0.717, 1.165) is 39.1 Å². The summed E-state index contributed by atoms with van der Waals surface area (Å²) >= 11 is 0. The van der Waals surface area contributed by atoms with Gasteiger partial charge in [-0.05, 0) is 19.8 Å². The Balaban J connectivity index is 1.95. The fourth-order valence-electron chi connectivity index (χ4n) is 2.66. The predicted molar refractivity (Wildman–Crippen MR) is 61.4 cm³/mol. The van der Waals surface area contributed by atoms with Crippen LogP contribution >= 0.6 is 0 Å². The number of nitrogens with one attached hydrogen (secondary N) is 2. The van der Waals surface area contributed by atoms with Crippen molar-refractivity contribution in [3.63, 3.8) is 0 Å². The molecule has 1 spiro atoms. The molecule has 5 heteroatoms. The molecule has 2 amide bonds. The second kappa shape index (κ2) is 4.59. The summed E-state index contributed by atoms with van der Waals surface area (Å²) in [5.74, 6) is 0. The normalized spacial score (nSPS) is 29.1. The van der Waals surface area contributed by atoms with Gasteiger partial charge in [-0.2, -0.15) is 0 Å². The Morgan fingerprint density at radius 1 is 1.50 bits per heavy atom. The van der Waals surface area contributed by atoms with Crippen LogP contribution in [0.4, 0.5) is 4.79 Å². The van der Waals surface area contributed by atoms with Crippen LogP contribution in [0.3, 0.4) is 0 Å².